The average molecular weight is 240 g/mol. The number of hydrogen-bond donors (Lipinski definition) is 1. The first-order valence-electron chi connectivity index (χ1n) is 6.35. The van der Waals surface area contributed by atoms with Gasteiger partial charge in [-0.2, -0.15) is 0 Å². The fourth-order valence-electron chi connectivity index (χ4n) is 2.43. The Morgan fingerprint density at radius 1 is 1.00 bits per heavy atom. The molecular formula is C16H16O2. The van der Waals surface area contributed by atoms with Crippen LogP contribution in [0, 0.1) is 0 Å². The maximum atomic E-state index is 10.1. The van der Waals surface area contributed by atoms with Gasteiger partial charge < -0.3 is 9.84 Å². The molecule has 0 bridgehead atoms. The molecule has 0 aliphatic carbocycles. The summed E-state index contributed by atoms with van der Waals surface area (Å²) in [5, 5.41) is 10.1. The van der Waals surface area contributed by atoms with E-state index in [4.69, 9.17) is 4.74 Å². The number of hydrogen-bond acceptors (Lipinski definition) is 2. The molecule has 1 atom stereocenters. The first-order chi connectivity index (χ1) is 8.86. The summed E-state index contributed by atoms with van der Waals surface area (Å²) in [4.78, 5) is 0. The molecule has 2 aromatic carbocycles. The van der Waals surface area contributed by atoms with Crippen LogP contribution < -0.4 is 4.74 Å². The predicted molar refractivity (Wildman–Crippen MR) is 71.6 cm³/mol. The van der Waals surface area contributed by atoms with Gasteiger partial charge in [-0.1, -0.05) is 48.5 Å². The summed E-state index contributed by atoms with van der Waals surface area (Å²) in [5.74, 6) is 0.841. The lowest BCUT2D eigenvalue weighted by molar-refractivity contribution is 0.167. The van der Waals surface area contributed by atoms with Crippen molar-refractivity contribution in [3.05, 3.63) is 54.1 Å². The normalized spacial score (nSPS) is 18.6. The number of fused-ring (bicyclic) bond motifs is 1. The Morgan fingerprint density at radius 2 is 1.83 bits per heavy atom. The van der Waals surface area contributed by atoms with Crippen LogP contribution in [0.15, 0.2) is 48.5 Å². The molecule has 0 amide bonds. The average Bonchev–Trinajstić information content (AvgIpc) is 2.62. The lowest BCUT2D eigenvalue weighted by Crippen LogP contribution is -1.98. The summed E-state index contributed by atoms with van der Waals surface area (Å²) in [6.45, 7) is 0.675. The lowest BCUT2D eigenvalue weighted by Gasteiger charge is -2.15. The number of aliphatic hydroxyl groups excluding tert-OH is 1. The van der Waals surface area contributed by atoms with E-state index in [1.54, 1.807) is 0 Å². The fourth-order valence-corrected chi connectivity index (χ4v) is 2.43. The van der Waals surface area contributed by atoms with Gasteiger partial charge >= 0.3 is 0 Å². The van der Waals surface area contributed by atoms with Crippen molar-refractivity contribution < 1.29 is 9.84 Å². The number of benzene rings is 2. The molecule has 0 fully saturated rings. The minimum Gasteiger partial charge on any atom is -0.493 e. The number of rotatable bonds is 1. The van der Waals surface area contributed by atoms with E-state index in [9.17, 15) is 5.11 Å². The first kappa shape index (κ1) is 11.3. The summed E-state index contributed by atoms with van der Waals surface area (Å²) in [7, 11) is 0. The second-order valence-corrected chi connectivity index (χ2v) is 4.60. The molecule has 18 heavy (non-hydrogen) atoms. The zero-order valence-corrected chi connectivity index (χ0v) is 10.2. The molecule has 92 valence electrons. The minimum atomic E-state index is -0.411. The highest BCUT2D eigenvalue weighted by molar-refractivity contribution is 5.72. The molecule has 0 spiro atoms. The van der Waals surface area contributed by atoms with Crippen LogP contribution in [0.2, 0.25) is 0 Å². The van der Waals surface area contributed by atoms with Crippen molar-refractivity contribution >= 4 is 0 Å². The van der Waals surface area contributed by atoms with Crippen LogP contribution in [0.4, 0.5) is 0 Å². The molecule has 3 rings (SSSR count). The van der Waals surface area contributed by atoms with Gasteiger partial charge in [0.25, 0.3) is 0 Å². The predicted octanol–water partition coefficient (Wildman–Crippen LogP) is 3.56. The van der Waals surface area contributed by atoms with Gasteiger partial charge in [0.2, 0.25) is 0 Å². The number of para-hydroxylation sites is 1. The summed E-state index contributed by atoms with van der Waals surface area (Å²) >= 11 is 0. The summed E-state index contributed by atoms with van der Waals surface area (Å²) in [6, 6.07) is 16.2. The van der Waals surface area contributed by atoms with Gasteiger partial charge in [0.1, 0.15) is 5.75 Å². The molecule has 2 nitrogen and oxygen atoms in total. The van der Waals surface area contributed by atoms with E-state index < -0.39 is 6.10 Å². The van der Waals surface area contributed by atoms with Gasteiger partial charge in [-0.25, -0.2) is 0 Å². The zero-order chi connectivity index (χ0) is 12.4. The minimum absolute atomic E-state index is 0.411. The second-order valence-electron chi connectivity index (χ2n) is 4.60. The summed E-state index contributed by atoms with van der Waals surface area (Å²) in [6.07, 6.45) is 1.25. The molecule has 0 aromatic heterocycles. The van der Waals surface area contributed by atoms with Crippen molar-refractivity contribution in [1.29, 1.82) is 0 Å². The van der Waals surface area contributed by atoms with Crippen molar-refractivity contribution in [3.63, 3.8) is 0 Å². The lowest BCUT2D eigenvalue weighted by atomic mass is 9.98. The Kier molecular flexibility index (Phi) is 3.03. The number of ether oxygens (including phenoxy) is 1. The quantitative estimate of drug-likeness (QED) is 0.825. The molecule has 0 saturated carbocycles. The highest BCUT2D eigenvalue weighted by atomic mass is 16.5. The molecular weight excluding hydrogens is 224 g/mol. The van der Waals surface area contributed by atoms with E-state index in [-0.39, 0.29) is 0 Å². The van der Waals surface area contributed by atoms with Crippen LogP contribution in [0.5, 0.6) is 5.75 Å². The molecule has 1 N–H and O–H groups in total. The van der Waals surface area contributed by atoms with Crippen molar-refractivity contribution in [2.24, 2.45) is 0 Å². The van der Waals surface area contributed by atoms with E-state index in [1.165, 1.54) is 0 Å². The molecule has 1 aliphatic heterocycles. The van der Waals surface area contributed by atoms with Crippen LogP contribution in [0.1, 0.15) is 24.5 Å². The van der Waals surface area contributed by atoms with Crippen LogP contribution in [-0.4, -0.2) is 11.7 Å². The van der Waals surface area contributed by atoms with Gasteiger partial charge in [-0.05, 0) is 18.4 Å². The Labute approximate surface area is 107 Å². The molecule has 1 heterocycles. The molecule has 0 radical (unpaired) electrons. The van der Waals surface area contributed by atoms with E-state index >= 15 is 0 Å². The van der Waals surface area contributed by atoms with Crippen molar-refractivity contribution in [1.82, 2.24) is 0 Å². The van der Waals surface area contributed by atoms with Gasteiger partial charge in [0.05, 0.1) is 12.7 Å². The van der Waals surface area contributed by atoms with E-state index in [1.807, 2.05) is 36.4 Å². The molecule has 0 unspecified atom stereocenters. The first-order valence-corrected chi connectivity index (χ1v) is 6.35. The van der Waals surface area contributed by atoms with Gasteiger partial charge in [-0.3, -0.25) is 0 Å². The molecule has 0 saturated heterocycles. The van der Waals surface area contributed by atoms with Crippen LogP contribution in [0.3, 0.4) is 0 Å². The Bertz CT molecular complexity index is 534. The van der Waals surface area contributed by atoms with Gasteiger partial charge in [0, 0.05) is 11.1 Å². The van der Waals surface area contributed by atoms with Crippen molar-refractivity contribution in [2.45, 2.75) is 18.9 Å². The summed E-state index contributed by atoms with van der Waals surface area (Å²) in [5.41, 5.74) is 3.10. The smallest absolute Gasteiger partial charge is 0.132 e. The van der Waals surface area contributed by atoms with E-state index in [0.29, 0.717) is 6.61 Å². The van der Waals surface area contributed by atoms with E-state index in [2.05, 4.69) is 12.1 Å². The topological polar surface area (TPSA) is 29.5 Å². The van der Waals surface area contributed by atoms with Crippen molar-refractivity contribution in [3.8, 4) is 16.9 Å². The van der Waals surface area contributed by atoms with Crippen LogP contribution >= 0.6 is 0 Å². The standard InChI is InChI=1S/C16H16O2/c17-15-10-5-11-18-16-13(8-4-9-14(15)16)12-6-2-1-3-7-12/h1-4,6-9,15,17H,5,10-11H2/t15-/m1/s1. The monoisotopic (exact) mass is 240 g/mol. The van der Waals surface area contributed by atoms with Crippen LogP contribution in [0.25, 0.3) is 11.1 Å². The largest absolute Gasteiger partial charge is 0.493 e. The van der Waals surface area contributed by atoms with Gasteiger partial charge in [0.15, 0.2) is 0 Å². The Balaban J connectivity index is 2.14. The molecule has 2 heteroatoms. The SMILES string of the molecule is O[C@@H]1CCCOc2c(-c3ccccc3)cccc21. The maximum absolute atomic E-state index is 10.1. The fraction of sp³-hybridized carbons (Fsp3) is 0.250. The van der Waals surface area contributed by atoms with E-state index in [0.717, 1.165) is 35.3 Å². The van der Waals surface area contributed by atoms with Crippen LogP contribution in [-0.2, 0) is 0 Å². The third kappa shape index (κ3) is 2.00. The number of aliphatic hydroxyl groups is 1. The maximum Gasteiger partial charge on any atom is 0.132 e. The highest BCUT2D eigenvalue weighted by Crippen LogP contribution is 2.39. The second kappa shape index (κ2) is 4.83. The van der Waals surface area contributed by atoms with Gasteiger partial charge in [-0.15, -0.1) is 0 Å². The Morgan fingerprint density at radius 3 is 2.67 bits per heavy atom. The zero-order valence-electron chi connectivity index (χ0n) is 10.2. The summed E-state index contributed by atoms with van der Waals surface area (Å²) < 4.78 is 5.84. The third-order valence-electron chi connectivity index (χ3n) is 3.36. The molecule has 1 aliphatic rings. The van der Waals surface area contributed by atoms with Crippen molar-refractivity contribution in [2.75, 3.05) is 6.61 Å². The molecule has 2 aromatic rings. The highest BCUT2D eigenvalue weighted by Gasteiger charge is 2.20. The third-order valence-corrected chi connectivity index (χ3v) is 3.36. The Hall–Kier alpha value is -1.80.